The number of anilines is 3. The molecule has 3 heteroatoms. The van der Waals surface area contributed by atoms with Crippen LogP contribution in [0, 0.1) is 20.8 Å². The first-order valence-corrected chi connectivity index (χ1v) is 21.6. The van der Waals surface area contributed by atoms with Crippen molar-refractivity contribution in [3.05, 3.63) is 152 Å². The van der Waals surface area contributed by atoms with Gasteiger partial charge in [-0.15, -0.1) is 0 Å². The van der Waals surface area contributed by atoms with Crippen molar-refractivity contribution in [3.63, 3.8) is 0 Å². The molecule has 278 valence electrons. The summed E-state index contributed by atoms with van der Waals surface area (Å²) in [6, 6.07) is 26.2. The second-order valence-electron chi connectivity index (χ2n) is 18.5. The SMILES string of the molecule is CC1=C(C2=C(C)C(c3cc(C)cc4c3Bc3cc(Sc5ccccc5C)ccc3N4c3cc4c(cc3C)C(C)(C)CCC4(C)C)=CCC2)C2=C(C=CCC2)C1. The van der Waals surface area contributed by atoms with Crippen LogP contribution in [-0.4, -0.2) is 7.28 Å². The van der Waals surface area contributed by atoms with Crippen LogP contribution in [0.2, 0.25) is 0 Å². The average molecular weight is 738 g/mol. The molecule has 4 aliphatic carbocycles. The zero-order chi connectivity index (χ0) is 38.4. The monoisotopic (exact) mass is 737 g/mol. The highest BCUT2D eigenvalue weighted by Crippen LogP contribution is 2.51. The smallest absolute Gasteiger partial charge is 0.198 e. The molecule has 0 atom stereocenters. The van der Waals surface area contributed by atoms with Gasteiger partial charge in [0.1, 0.15) is 0 Å². The molecule has 0 radical (unpaired) electrons. The molecule has 0 unspecified atom stereocenters. The van der Waals surface area contributed by atoms with Crippen LogP contribution < -0.4 is 15.8 Å². The normalized spacial score (nSPS) is 19.5. The largest absolute Gasteiger partial charge is 0.311 e. The zero-order valence-electron chi connectivity index (χ0n) is 34.6. The molecule has 5 aliphatic rings. The van der Waals surface area contributed by atoms with Gasteiger partial charge < -0.3 is 4.90 Å². The molecule has 0 saturated heterocycles. The van der Waals surface area contributed by atoms with Gasteiger partial charge in [-0.05, 0) is 193 Å². The van der Waals surface area contributed by atoms with Crippen molar-refractivity contribution in [1.29, 1.82) is 0 Å². The summed E-state index contributed by atoms with van der Waals surface area (Å²) in [5.74, 6) is 0. The molecule has 0 amide bonds. The minimum absolute atomic E-state index is 0.127. The Morgan fingerprint density at radius 2 is 1.45 bits per heavy atom. The topological polar surface area (TPSA) is 3.24 Å². The van der Waals surface area contributed by atoms with Crippen LogP contribution >= 0.6 is 11.8 Å². The zero-order valence-corrected chi connectivity index (χ0v) is 35.4. The number of benzene rings is 4. The van der Waals surface area contributed by atoms with Crippen molar-refractivity contribution in [2.75, 3.05) is 4.90 Å². The Balaban J connectivity index is 1.24. The summed E-state index contributed by atoms with van der Waals surface area (Å²) in [5.41, 5.74) is 26.5. The molecular formula is C52H56BNS. The van der Waals surface area contributed by atoms with Gasteiger partial charge in [-0.1, -0.05) is 105 Å². The predicted octanol–water partition coefficient (Wildman–Crippen LogP) is 13.1. The third kappa shape index (κ3) is 6.17. The van der Waals surface area contributed by atoms with E-state index in [0.29, 0.717) is 0 Å². The minimum atomic E-state index is 0.127. The second-order valence-corrected chi connectivity index (χ2v) is 19.6. The van der Waals surface area contributed by atoms with Gasteiger partial charge in [0.15, 0.2) is 7.28 Å². The van der Waals surface area contributed by atoms with Crippen molar-refractivity contribution in [3.8, 4) is 0 Å². The molecule has 0 N–H and O–H groups in total. The standard InChI is InChI=1S/C52H56BNS/c1-31-25-41(38-18-14-19-39(35(38)5)49-34(4)27-36-16-11-12-17-40(36)49)50-47(26-31)54(46-30-43-42(28-33(46)3)51(6,7)23-24-52(43,8)9)45-22-21-37(29-44(45)53-50)55-48-20-13-10-15-32(48)2/h10-11,13,15-16,18,20-22,25-26,28-30,53H,12,14,17,19,23-24,27H2,1-9H3. The van der Waals surface area contributed by atoms with Crippen LogP contribution in [0.25, 0.3) is 5.57 Å². The van der Waals surface area contributed by atoms with E-state index in [2.05, 4.69) is 152 Å². The fourth-order valence-corrected chi connectivity index (χ4v) is 11.4. The van der Waals surface area contributed by atoms with Gasteiger partial charge in [0.2, 0.25) is 0 Å². The van der Waals surface area contributed by atoms with Crippen molar-refractivity contribution in [2.24, 2.45) is 0 Å². The molecule has 1 heterocycles. The Labute approximate surface area is 335 Å². The maximum atomic E-state index is 2.65. The second kappa shape index (κ2) is 13.5. The lowest BCUT2D eigenvalue weighted by Crippen LogP contribution is -2.42. The van der Waals surface area contributed by atoms with E-state index in [4.69, 9.17) is 0 Å². The van der Waals surface area contributed by atoms with E-state index in [1.54, 1.807) is 27.9 Å². The molecule has 9 rings (SSSR count). The average Bonchev–Trinajstić information content (AvgIpc) is 3.49. The van der Waals surface area contributed by atoms with Crippen molar-refractivity contribution < 1.29 is 0 Å². The van der Waals surface area contributed by atoms with Gasteiger partial charge in [-0.25, -0.2) is 0 Å². The fourth-order valence-electron chi connectivity index (χ4n) is 10.5. The Kier molecular flexibility index (Phi) is 8.93. The van der Waals surface area contributed by atoms with Crippen molar-refractivity contribution in [2.45, 2.75) is 128 Å². The van der Waals surface area contributed by atoms with E-state index in [0.717, 1.165) is 33.0 Å². The van der Waals surface area contributed by atoms with Gasteiger partial charge in [-0.3, -0.25) is 0 Å². The van der Waals surface area contributed by atoms with Crippen LogP contribution in [0.5, 0.6) is 0 Å². The predicted molar refractivity (Wildman–Crippen MR) is 240 cm³/mol. The van der Waals surface area contributed by atoms with Crippen molar-refractivity contribution >= 4 is 52.6 Å². The van der Waals surface area contributed by atoms with E-state index in [1.807, 2.05) is 11.8 Å². The molecular weight excluding hydrogens is 681 g/mol. The lowest BCUT2D eigenvalue weighted by Gasteiger charge is -2.44. The molecule has 55 heavy (non-hydrogen) atoms. The van der Waals surface area contributed by atoms with E-state index in [9.17, 15) is 0 Å². The fraction of sp³-hybridized carbons (Fsp3) is 0.346. The first kappa shape index (κ1) is 36.4. The van der Waals surface area contributed by atoms with Crippen LogP contribution in [0.15, 0.2) is 128 Å². The number of nitrogens with zero attached hydrogens (tertiary/aromatic N) is 1. The lowest BCUT2D eigenvalue weighted by atomic mass is 9.57. The Morgan fingerprint density at radius 1 is 0.709 bits per heavy atom. The maximum absolute atomic E-state index is 2.65. The summed E-state index contributed by atoms with van der Waals surface area (Å²) in [5, 5.41) is 0. The molecule has 0 fully saturated rings. The third-order valence-electron chi connectivity index (χ3n) is 13.6. The summed E-state index contributed by atoms with van der Waals surface area (Å²) in [4.78, 5) is 5.28. The maximum Gasteiger partial charge on any atom is 0.198 e. The van der Waals surface area contributed by atoms with Crippen molar-refractivity contribution in [1.82, 2.24) is 0 Å². The molecule has 4 aromatic rings. The van der Waals surface area contributed by atoms with Crippen LogP contribution in [0.1, 0.15) is 120 Å². The summed E-state index contributed by atoms with van der Waals surface area (Å²) >= 11 is 1.89. The quantitative estimate of drug-likeness (QED) is 0.165. The number of hydrogen-bond acceptors (Lipinski definition) is 2. The summed E-state index contributed by atoms with van der Waals surface area (Å²) in [6.45, 7) is 21.5. The highest BCUT2D eigenvalue weighted by molar-refractivity contribution is 7.99. The number of rotatable bonds is 5. The van der Waals surface area contributed by atoms with Gasteiger partial charge in [0.05, 0.1) is 0 Å². The lowest BCUT2D eigenvalue weighted by molar-refractivity contribution is 0.332. The highest BCUT2D eigenvalue weighted by Gasteiger charge is 2.39. The number of hydrogen-bond donors (Lipinski definition) is 0. The van der Waals surface area contributed by atoms with E-state index < -0.39 is 0 Å². The molecule has 1 aliphatic heterocycles. The Hall–Kier alpha value is -4.21. The summed E-state index contributed by atoms with van der Waals surface area (Å²) in [7, 11) is 0.920. The first-order chi connectivity index (χ1) is 26.3. The minimum Gasteiger partial charge on any atom is -0.311 e. The van der Waals surface area contributed by atoms with Crippen LogP contribution in [0.4, 0.5) is 17.1 Å². The van der Waals surface area contributed by atoms with Gasteiger partial charge in [0.25, 0.3) is 0 Å². The Morgan fingerprint density at radius 3 is 2.24 bits per heavy atom. The van der Waals surface area contributed by atoms with Gasteiger partial charge in [-0.2, -0.15) is 0 Å². The van der Waals surface area contributed by atoms with E-state index in [-0.39, 0.29) is 10.8 Å². The molecule has 0 aromatic heterocycles. The molecule has 0 spiro atoms. The van der Waals surface area contributed by atoms with Gasteiger partial charge >= 0.3 is 0 Å². The van der Waals surface area contributed by atoms with E-state index in [1.165, 1.54) is 102 Å². The summed E-state index contributed by atoms with van der Waals surface area (Å²) in [6.07, 6.45) is 15.4. The molecule has 0 bridgehead atoms. The van der Waals surface area contributed by atoms with Crippen LogP contribution in [0.3, 0.4) is 0 Å². The molecule has 0 saturated carbocycles. The van der Waals surface area contributed by atoms with Crippen LogP contribution in [-0.2, 0) is 10.8 Å². The Bertz CT molecular complexity index is 2460. The molecule has 1 nitrogen and oxygen atoms in total. The first-order valence-electron chi connectivity index (χ1n) is 20.8. The number of aryl methyl sites for hydroxylation is 3. The van der Waals surface area contributed by atoms with Gasteiger partial charge in [0, 0.05) is 26.9 Å². The molecule has 4 aromatic carbocycles. The third-order valence-corrected chi connectivity index (χ3v) is 14.8. The van der Waals surface area contributed by atoms with E-state index >= 15 is 0 Å². The number of fused-ring (bicyclic) bond motifs is 3. The number of allylic oxidation sites excluding steroid dienone is 10. The highest BCUT2D eigenvalue weighted by atomic mass is 32.2. The summed E-state index contributed by atoms with van der Waals surface area (Å²) < 4.78 is 0.